The zero-order chi connectivity index (χ0) is 17.4. The van der Waals surface area contributed by atoms with Crippen molar-refractivity contribution in [1.82, 2.24) is 20.1 Å². The molecule has 0 aliphatic rings. The Bertz CT molecular complexity index is 715. The SMILES string of the molecule is CCCCn1nc(C(=O)NC(CO)Cc2cccnc2)ccc1=O. The Kier molecular flexibility index (Phi) is 6.62. The van der Waals surface area contributed by atoms with Crippen LogP contribution < -0.4 is 10.9 Å². The van der Waals surface area contributed by atoms with Gasteiger partial charge in [0.25, 0.3) is 11.5 Å². The lowest BCUT2D eigenvalue weighted by Gasteiger charge is -2.16. The minimum absolute atomic E-state index is 0.162. The maximum atomic E-state index is 12.3. The number of pyridine rings is 1. The minimum Gasteiger partial charge on any atom is -0.394 e. The first-order valence-electron chi connectivity index (χ1n) is 8.02. The topological polar surface area (TPSA) is 97.1 Å². The minimum atomic E-state index is -0.445. The third-order valence-corrected chi connectivity index (χ3v) is 3.58. The van der Waals surface area contributed by atoms with Crippen LogP contribution in [0.15, 0.2) is 41.5 Å². The quantitative estimate of drug-likeness (QED) is 0.745. The van der Waals surface area contributed by atoms with E-state index >= 15 is 0 Å². The summed E-state index contributed by atoms with van der Waals surface area (Å²) in [5, 5.41) is 16.3. The van der Waals surface area contributed by atoms with E-state index in [1.165, 1.54) is 16.8 Å². The third kappa shape index (κ3) is 4.99. The second-order valence-corrected chi connectivity index (χ2v) is 5.55. The van der Waals surface area contributed by atoms with Gasteiger partial charge in [-0.1, -0.05) is 19.4 Å². The van der Waals surface area contributed by atoms with E-state index in [1.54, 1.807) is 18.5 Å². The number of hydrogen-bond donors (Lipinski definition) is 2. The Morgan fingerprint density at radius 2 is 2.21 bits per heavy atom. The number of aryl methyl sites for hydroxylation is 1. The van der Waals surface area contributed by atoms with Crippen molar-refractivity contribution in [2.45, 2.75) is 38.8 Å². The van der Waals surface area contributed by atoms with Gasteiger partial charge in [0.05, 0.1) is 12.6 Å². The largest absolute Gasteiger partial charge is 0.394 e. The van der Waals surface area contributed by atoms with Crippen molar-refractivity contribution in [3.05, 3.63) is 58.3 Å². The van der Waals surface area contributed by atoms with Gasteiger partial charge in [-0.3, -0.25) is 14.6 Å². The molecule has 1 atom stereocenters. The van der Waals surface area contributed by atoms with E-state index in [4.69, 9.17) is 0 Å². The first kappa shape index (κ1) is 17.8. The maximum absolute atomic E-state index is 12.3. The van der Waals surface area contributed by atoms with Crippen LogP contribution >= 0.6 is 0 Å². The molecule has 0 saturated carbocycles. The fourth-order valence-electron chi connectivity index (χ4n) is 2.26. The van der Waals surface area contributed by atoms with Crippen LogP contribution in [0.2, 0.25) is 0 Å². The number of nitrogens with one attached hydrogen (secondary N) is 1. The number of aliphatic hydroxyl groups is 1. The van der Waals surface area contributed by atoms with Crippen LogP contribution in [-0.4, -0.2) is 38.4 Å². The van der Waals surface area contributed by atoms with Gasteiger partial charge in [0.15, 0.2) is 0 Å². The molecule has 0 bridgehead atoms. The lowest BCUT2D eigenvalue weighted by molar-refractivity contribution is 0.0908. The lowest BCUT2D eigenvalue weighted by Crippen LogP contribution is -2.40. The van der Waals surface area contributed by atoms with Crippen molar-refractivity contribution in [2.24, 2.45) is 0 Å². The Morgan fingerprint density at radius 3 is 2.88 bits per heavy atom. The summed E-state index contributed by atoms with van der Waals surface area (Å²) < 4.78 is 1.30. The number of aromatic nitrogens is 3. The van der Waals surface area contributed by atoms with E-state index < -0.39 is 11.9 Å². The summed E-state index contributed by atoms with van der Waals surface area (Å²) in [6.07, 6.45) is 5.57. The molecule has 2 aromatic heterocycles. The predicted molar refractivity (Wildman–Crippen MR) is 89.7 cm³/mol. The molecule has 0 saturated heterocycles. The van der Waals surface area contributed by atoms with E-state index in [0.717, 1.165) is 18.4 Å². The summed E-state index contributed by atoms with van der Waals surface area (Å²) >= 11 is 0. The summed E-state index contributed by atoms with van der Waals surface area (Å²) in [7, 11) is 0. The van der Waals surface area contributed by atoms with Crippen LogP contribution in [0.4, 0.5) is 0 Å². The second kappa shape index (κ2) is 8.93. The molecular weight excluding hydrogens is 308 g/mol. The summed E-state index contributed by atoms with van der Waals surface area (Å²) in [6, 6.07) is 5.98. The number of amides is 1. The highest BCUT2D eigenvalue weighted by Gasteiger charge is 2.15. The predicted octanol–water partition coefficient (Wildman–Crippen LogP) is 0.772. The molecule has 0 aliphatic heterocycles. The van der Waals surface area contributed by atoms with Crippen LogP contribution in [0.1, 0.15) is 35.8 Å². The molecule has 7 nitrogen and oxygen atoms in total. The van der Waals surface area contributed by atoms with Crippen molar-refractivity contribution in [3.8, 4) is 0 Å². The van der Waals surface area contributed by atoms with Crippen LogP contribution in [0, 0.1) is 0 Å². The first-order valence-corrected chi connectivity index (χ1v) is 8.02. The van der Waals surface area contributed by atoms with Crippen LogP contribution in [0.25, 0.3) is 0 Å². The Balaban J connectivity index is 2.06. The van der Waals surface area contributed by atoms with Gasteiger partial charge in [-0.25, -0.2) is 4.68 Å². The molecule has 2 rings (SSSR count). The number of carbonyl (C=O) groups excluding carboxylic acids is 1. The monoisotopic (exact) mass is 330 g/mol. The first-order chi connectivity index (χ1) is 11.6. The molecule has 24 heavy (non-hydrogen) atoms. The van der Waals surface area contributed by atoms with Gasteiger partial charge < -0.3 is 10.4 Å². The molecule has 128 valence electrons. The molecule has 2 aromatic rings. The van der Waals surface area contributed by atoms with Gasteiger partial charge in [-0.15, -0.1) is 0 Å². The zero-order valence-electron chi connectivity index (χ0n) is 13.7. The molecule has 0 fully saturated rings. The van der Waals surface area contributed by atoms with Crippen LogP contribution in [-0.2, 0) is 13.0 Å². The highest BCUT2D eigenvalue weighted by atomic mass is 16.3. The standard InChI is InChI=1S/C17H22N4O3/c1-2-3-9-21-16(23)7-6-15(20-21)17(24)19-14(12-22)10-13-5-4-8-18-11-13/h4-8,11,14,22H,2-3,9-10,12H2,1H3,(H,19,24). The number of unbranched alkanes of at least 4 members (excludes halogenated alkanes) is 1. The molecule has 0 aromatic carbocycles. The van der Waals surface area contributed by atoms with E-state index in [-0.39, 0.29) is 17.9 Å². The number of carbonyl (C=O) groups is 1. The highest BCUT2D eigenvalue weighted by molar-refractivity contribution is 5.92. The lowest BCUT2D eigenvalue weighted by atomic mass is 10.1. The molecule has 0 spiro atoms. The van der Waals surface area contributed by atoms with Crippen molar-refractivity contribution < 1.29 is 9.90 Å². The summed E-state index contributed by atoms with van der Waals surface area (Å²) in [5.74, 6) is -0.414. The van der Waals surface area contributed by atoms with Gasteiger partial charge >= 0.3 is 0 Å². The van der Waals surface area contributed by atoms with Gasteiger partial charge in [-0.05, 0) is 30.5 Å². The smallest absolute Gasteiger partial charge is 0.272 e. The third-order valence-electron chi connectivity index (χ3n) is 3.58. The summed E-state index contributed by atoms with van der Waals surface area (Å²) in [5.41, 5.74) is 0.849. The molecule has 0 aliphatic carbocycles. The van der Waals surface area contributed by atoms with Gasteiger partial charge in [0.1, 0.15) is 5.69 Å². The fraction of sp³-hybridized carbons (Fsp3) is 0.412. The number of rotatable bonds is 8. The molecular formula is C17H22N4O3. The second-order valence-electron chi connectivity index (χ2n) is 5.55. The van der Waals surface area contributed by atoms with E-state index in [0.29, 0.717) is 13.0 Å². The molecule has 7 heteroatoms. The maximum Gasteiger partial charge on any atom is 0.272 e. The summed E-state index contributed by atoms with van der Waals surface area (Å²) in [4.78, 5) is 28.1. The normalized spacial score (nSPS) is 11.9. The zero-order valence-corrected chi connectivity index (χ0v) is 13.7. The molecule has 2 heterocycles. The Labute approximate surface area is 140 Å². The molecule has 1 unspecified atom stereocenters. The van der Waals surface area contributed by atoms with E-state index in [9.17, 15) is 14.7 Å². The highest BCUT2D eigenvalue weighted by Crippen LogP contribution is 2.02. The van der Waals surface area contributed by atoms with Crippen molar-refractivity contribution in [2.75, 3.05) is 6.61 Å². The number of hydrogen-bond acceptors (Lipinski definition) is 5. The van der Waals surface area contributed by atoms with Crippen LogP contribution in [0.5, 0.6) is 0 Å². The Morgan fingerprint density at radius 1 is 1.38 bits per heavy atom. The molecule has 2 N–H and O–H groups in total. The van der Waals surface area contributed by atoms with Gasteiger partial charge in [0, 0.05) is 25.0 Å². The van der Waals surface area contributed by atoms with E-state index in [1.807, 2.05) is 13.0 Å². The Hall–Kier alpha value is -2.54. The van der Waals surface area contributed by atoms with Gasteiger partial charge in [0.2, 0.25) is 0 Å². The fourth-order valence-corrected chi connectivity index (χ4v) is 2.26. The number of aliphatic hydroxyl groups excluding tert-OH is 1. The average Bonchev–Trinajstić information content (AvgIpc) is 2.61. The summed E-state index contributed by atoms with van der Waals surface area (Å²) in [6.45, 7) is 2.30. The molecule has 0 radical (unpaired) electrons. The van der Waals surface area contributed by atoms with Crippen molar-refractivity contribution in [1.29, 1.82) is 0 Å². The van der Waals surface area contributed by atoms with Crippen LogP contribution in [0.3, 0.4) is 0 Å². The van der Waals surface area contributed by atoms with Crippen molar-refractivity contribution in [3.63, 3.8) is 0 Å². The van der Waals surface area contributed by atoms with Gasteiger partial charge in [-0.2, -0.15) is 5.10 Å². The van der Waals surface area contributed by atoms with E-state index in [2.05, 4.69) is 15.4 Å². The molecule has 1 amide bonds. The number of nitrogens with zero attached hydrogens (tertiary/aromatic N) is 3. The average molecular weight is 330 g/mol. The van der Waals surface area contributed by atoms with Crippen molar-refractivity contribution >= 4 is 5.91 Å².